The van der Waals surface area contributed by atoms with Gasteiger partial charge >= 0.3 is 0 Å². The number of aryl methyl sites for hydroxylation is 1. The molecule has 0 amide bonds. The van der Waals surface area contributed by atoms with Crippen LogP contribution in [0.5, 0.6) is 11.5 Å². The predicted octanol–water partition coefficient (Wildman–Crippen LogP) is 3.68. The van der Waals surface area contributed by atoms with Gasteiger partial charge in [-0.1, -0.05) is 17.9 Å². The van der Waals surface area contributed by atoms with E-state index in [1.807, 2.05) is 25.5 Å². The summed E-state index contributed by atoms with van der Waals surface area (Å²) in [6.45, 7) is 0. The Hall–Kier alpha value is -4.62. The van der Waals surface area contributed by atoms with E-state index in [1.165, 1.54) is 0 Å². The van der Waals surface area contributed by atoms with Gasteiger partial charge in [0, 0.05) is 42.3 Å². The minimum atomic E-state index is -1.50. The molecule has 0 radical (unpaired) electrons. The van der Waals surface area contributed by atoms with Gasteiger partial charge in [-0.2, -0.15) is 10.2 Å². The van der Waals surface area contributed by atoms with Crippen molar-refractivity contribution in [1.29, 1.82) is 0 Å². The molecule has 10 heteroatoms. The van der Waals surface area contributed by atoms with E-state index in [-0.39, 0.29) is 0 Å². The first kappa shape index (κ1) is 23.1. The van der Waals surface area contributed by atoms with Gasteiger partial charge in [0.25, 0.3) is 0 Å². The number of nitrogens with one attached hydrogen (secondary N) is 1. The van der Waals surface area contributed by atoms with Crippen LogP contribution in [-0.2, 0) is 18.0 Å². The van der Waals surface area contributed by atoms with Gasteiger partial charge in [-0.25, -0.2) is 13.7 Å². The van der Waals surface area contributed by atoms with Crippen molar-refractivity contribution < 1.29 is 13.7 Å². The fraction of sp³-hybridized carbons (Fsp3) is 0.115. The van der Waals surface area contributed by atoms with Gasteiger partial charge in [0.15, 0.2) is 11.0 Å². The van der Waals surface area contributed by atoms with Gasteiger partial charge in [-0.15, -0.1) is 0 Å². The number of aromatic nitrogens is 5. The van der Waals surface area contributed by atoms with Crippen molar-refractivity contribution in [2.75, 3.05) is 18.9 Å². The van der Waals surface area contributed by atoms with Crippen molar-refractivity contribution in [3.63, 3.8) is 0 Å². The van der Waals surface area contributed by atoms with Crippen molar-refractivity contribution in [2.24, 2.45) is 7.05 Å². The maximum absolute atomic E-state index is 12.7. The molecule has 1 atom stereocenters. The molecule has 1 N–H and O–H groups in total. The molecule has 0 aliphatic heterocycles. The topological polar surface area (TPSA) is 95.6 Å². The standard InChI is InChI=1S/C26H22N6O3S/c1-31-16-21(15-28-31)20-12-24(35-3)26-19(14-29-32(26)17-20)8-7-18-9-10-27-25(11-18)30-36(33)23-6-4-5-22(13-23)34-2/h4-6,9-17H,1-3H3,(H,27,30). The lowest BCUT2D eigenvalue weighted by atomic mass is 10.1. The van der Waals surface area contributed by atoms with Gasteiger partial charge in [-0.05, 0) is 36.4 Å². The first-order valence-corrected chi connectivity index (χ1v) is 12.0. The summed E-state index contributed by atoms with van der Waals surface area (Å²) in [5.74, 6) is 8.05. The Kier molecular flexibility index (Phi) is 6.38. The molecular weight excluding hydrogens is 476 g/mol. The van der Waals surface area contributed by atoms with Crippen LogP contribution in [0.4, 0.5) is 5.82 Å². The number of fused-ring (bicyclic) bond motifs is 1. The SMILES string of the molecule is COc1cccc(S(=O)Nc2cc(C#Cc3cnn4cc(-c5cnn(C)c5)cc(OC)c34)ccn2)c1. The van der Waals surface area contributed by atoms with Gasteiger partial charge in [0.05, 0.1) is 37.1 Å². The highest BCUT2D eigenvalue weighted by Gasteiger charge is 2.13. The molecule has 4 heterocycles. The summed E-state index contributed by atoms with van der Waals surface area (Å²) in [5, 5.41) is 8.70. The fourth-order valence-electron chi connectivity index (χ4n) is 3.63. The molecule has 9 nitrogen and oxygen atoms in total. The first-order valence-electron chi connectivity index (χ1n) is 10.9. The Bertz CT molecular complexity index is 1650. The van der Waals surface area contributed by atoms with Crippen LogP contribution in [0.15, 0.2) is 78.3 Å². The van der Waals surface area contributed by atoms with Gasteiger partial charge in [-0.3, -0.25) is 9.40 Å². The summed E-state index contributed by atoms with van der Waals surface area (Å²) >= 11 is 0. The van der Waals surface area contributed by atoms with Crippen molar-refractivity contribution >= 4 is 22.3 Å². The van der Waals surface area contributed by atoms with E-state index in [2.05, 4.69) is 31.7 Å². The van der Waals surface area contributed by atoms with Crippen molar-refractivity contribution in [1.82, 2.24) is 24.4 Å². The minimum Gasteiger partial charge on any atom is -0.497 e. The summed E-state index contributed by atoms with van der Waals surface area (Å²) in [6, 6.07) is 12.5. The second-order valence-electron chi connectivity index (χ2n) is 7.78. The Morgan fingerprint density at radius 1 is 0.972 bits per heavy atom. The third kappa shape index (κ3) is 4.78. The zero-order valence-corrected chi connectivity index (χ0v) is 20.6. The van der Waals surface area contributed by atoms with E-state index in [0.717, 1.165) is 22.2 Å². The van der Waals surface area contributed by atoms with Gasteiger partial charge in [0.2, 0.25) is 0 Å². The zero-order valence-electron chi connectivity index (χ0n) is 19.8. The summed E-state index contributed by atoms with van der Waals surface area (Å²) < 4.78 is 30.0. The molecule has 36 heavy (non-hydrogen) atoms. The Morgan fingerprint density at radius 3 is 2.64 bits per heavy atom. The lowest BCUT2D eigenvalue weighted by Gasteiger charge is -2.07. The third-order valence-electron chi connectivity index (χ3n) is 5.39. The number of benzene rings is 1. The number of ether oxygens (including phenoxy) is 2. The van der Waals surface area contributed by atoms with E-state index in [0.29, 0.717) is 27.8 Å². The van der Waals surface area contributed by atoms with E-state index < -0.39 is 11.0 Å². The normalized spacial score (nSPS) is 11.5. The second kappa shape index (κ2) is 9.93. The highest BCUT2D eigenvalue weighted by atomic mass is 32.2. The summed E-state index contributed by atoms with van der Waals surface area (Å²) in [5.41, 5.74) is 4.09. The maximum atomic E-state index is 12.7. The summed E-state index contributed by atoms with van der Waals surface area (Å²) in [4.78, 5) is 4.84. The Morgan fingerprint density at radius 2 is 1.86 bits per heavy atom. The number of hydrogen-bond acceptors (Lipinski definition) is 6. The van der Waals surface area contributed by atoms with E-state index in [4.69, 9.17) is 9.47 Å². The molecule has 5 rings (SSSR count). The van der Waals surface area contributed by atoms with Crippen LogP contribution in [0, 0.1) is 11.8 Å². The highest BCUT2D eigenvalue weighted by molar-refractivity contribution is 7.86. The fourth-order valence-corrected chi connectivity index (χ4v) is 4.48. The zero-order chi connectivity index (χ0) is 25.1. The molecule has 0 saturated carbocycles. The number of anilines is 1. The lowest BCUT2D eigenvalue weighted by Crippen LogP contribution is -2.06. The molecular formula is C26H22N6O3S. The third-order valence-corrected chi connectivity index (χ3v) is 6.47. The number of methoxy groups -OCH3 is 2. The predicted molar refractivity (Wildman–Crippen MR) is 137 cm³/mol. The van der Waals surface area contributed by atoms with Crippen LogP contribution < -0.4 is 14.2 Å². The van der Waals surface area contributed by atoms with Crippen molar-refractivity contribution in [2.45, 2.75) is 4.90 Å². The van der Waals surface area contributed by atoms with Crippen LogP contribution in [0.3, 0.4) is 0 Å². The number of pyridine rings is 2. The van der Waals surface area contributed by atoms with Crippen LogP contribution in [-0.4, -0.2) is 42.8 Å². The minimum absolute atomic E-state index is 0.446. The van der Waals surface area contributed by atoms with Gasteiger partial charge < -0.3 is 9.47 Å². The molecule has 0 saturated heterocycles. The lowest BCUT2D eigenvalue weighted by molar-refractivity contribution is 0.413. The summed E-state index contributed by atoms with van der Waals surface area (Å²) in [7, 11) is 3.56. The van der Waals surface area contributed by atoms with E-state index in [1.54, 1.807) is 78.4 Å². The largest absolute Gasteiger partial charge is 0.497 e. The molecule has 0 spiro atoms. The molecule has 1 unspecified atom stereocenters. The monoisotopic (exact) mass is 498 g/mol. The number of hydrogen-bond donors (Lipinski definition) is 1. The quantitative estimate of drug-likeness (QED) is 0.359. The highest BCUT2D eigenvalue weighted by Crippen LogP contribution is 2.29. The van der Waals surface area contributed by atoms with E-state index >= 15 is 0 Å². The molecule has 180 valence electrons. The van der Waals surface area contributed by atoms with Crippen LogP contribution in [0.25, 0.3) is 16.6 Å². The van der Waals surface area contributed by atoms with Crippen molar-refractivity contribution in [3.8, 4) is 34.5 Å². The van der Waals surface area contributed by atoms with Crippen LogP contribution in [0.1, 0.15) is 11.1 Å². The second-order valence-corrected chi connectivity index (χ2v) is 8.99. The molecule has 0 aliphatic carbocycles. The van der Waals surface area contributed by atoms with E-state index in [9.17, 15) is 4.21 Å². The molecule has 0 fully saturated rings. The smallest absolute Gasteiger partial charge is 0.151 e. The molecule has 4 aromatic heterocycles. The Labute approximate surface area is 210 Å². The molecule has 1 aromatic carbocycles. The first-order chi connectivity index (χ1) is 17.5. The summed E-state index contributed by atoms with van der Waals surface area (Å²) in [6.07, 6.45) is 8.97. The average Bonchev–Trinajstić information content (AvgIpc) is 3.53. The van der Waals surface area contributed by atoms with Crippen LogP contribution in [0.2, 0.25) is 0 Å². The number of rotatable bonds is 6. The average molecular weight is 499 g/mol. The molecule has 0 aliphatic rings. The molecule has 5 aromatic rings. The maximum Gasteiger partial charge on any atom is 0.151 e. The van der Waals surface area contributed by atoms with Crippen molar-refractivity contribution in [3.05, 3.63) is 84.6 Å². The Balaban J connectivity index is 1.41. The van der Waals surface area contributed by atoms with Gasteiger partial charge in [0.1, 0.15) is 22.8 Å². The molecule has 0 bridgehead atoms. The van der Waals surface area contributed by atoms with Crippen LogP contribution >= 0.6 is 0 Å². The number of nitrogens with zero attached hydrogens (tertiary/aromatic N) is 5.